The van der Waals surface area contributed by atoms with Gasteiger partial charge in [-0.1, -0.05) is 18.2 Å². The molecular formula is C20H25N3O3. The maximum Gasteiger partial charge on any atom is 0.407 e. The van der Waals surface area contributed by atoms with Crippen LogP contribution in [0, 0.1) is 0 Å². The van der Waals surface area contributed by atoms with Gasteiger partial charge in [-0.05, 0) is 43.2 Å². The summed E-state index contributed by atoms with van der Waals surface area (Å²) in [7, 11) is 0. The van der Waals surface area contributed by atoms with Crippen molar-refractivity contribution in [3.05, 3.63) is 36.0 Å². The number of fused-ring (bicyclic) bond motifs is 1. The molecule has 0 saturated carbocycles. The zero-order valence-corrected chi connectivity index (χ0v) is 14.9. The second kappa shape index (κ2) is 7.02. The van der Waals surface area contributed by atoms with Gasteiger partial charge in [0.25, 0.3) is 0 Å². The maximum atomic E-state index is 12.6. The van der Waals surface area contributed by atoms with Gasteiger partial charge in [-0.15, -0.1) is 0 Å². The van der Waals surface area contributed by atoms with Gasteiger partial charge in [0.15, 0.2) is 0 Å². The highest BCUT2D eigenvalue weighted by Gasteiger charge is 2.32. The second-order valence-electron chi connectivity index (χ2n) is 7.42. The lowest BCUT2D eigenvalue weighted by atomic mass is 9.89. The summed E-state index contributed by atoms with van der Waals surface area (Å²) in [5, 5.41) is 10.5. The van der Waals surface area contributed by atoms with E-state index in [1.165, 1.54) is 15.8 Å². The van der Waals surface area contributed by atoms with E-state index in [0.717, 1.165) is 44.3 Å². The molecule has 2 fully saturated rings. The molecule has 2 aliphatic heterocycles. The molecule has 0 spiro atoms. The van der Waals surface area contributed by atoms with E-state index in [-0.39, 0.29) is 11.9 Å². The molecule has 2 amide bonds. The van der Waals surface area contributed by atoms with Crippen LogP contribution in [0.25, 0.3) is 10.9 Å². The lowest BCUT2D eigenvalue weighted by molar-refractivity contribution is -0.133. The number of carbonyl (C=O) groups is 2. The van der Waals surface area contributed by atoms with Crippen LogP contribution >= 0.6 is 0 Å². The molecule has 1 unspecified atom stereocenters. The fraction of sp³-hybridized carbons (Fsp3) is 0.500. The number of hydrogen-bond donors (Lipinski definition) is 2. The van der Waals surface area contributed by atoms with Crippen LogP contribution in [0.4, 0.5) is 4.79 Å². The topological polar surface area (TPSA) is 76.6 Å². The first kappa shape index (κ1) is 16.9. The van der Waals surface area contributed by atoms with E-state index < -0.39 is 6.09 Å². The highest BCUT2D eigenvalue weighted by atomic mass is 16.4. The lowest BCUT2D eigenvalue weighted by Crippen LogP contribution is -2.42. The quantitative estimate of drug-likeness (QED) is 0.886. The molecular weight excluding hydrogens is 330 g/mol. The Hall–Kier alpha value is -2.50. The maximum absolute atomic E-state index is 12.6. The van der Waals surface area contributed by atoms with Crippen LogP contribution < -0.4 is 0 Å². The third kappa shape index (κ3) is 3.16. The summed E-state index contributed by atoms with van der Waals surface area (Å²) in [6, 6.07) is 8.19. The predicted octanol–water partition coefficient (Wildman–Crippen LogP) is 3.41. The number of amides is 2. The van der Waals surface area contributed by atoms with Crippen LogP contribution in [0.15, 0.2) is 30.5 Å². The summed E-state index contributed by atoms with van der Waals surface area (Å²) in [5.41, 5.74) is 2.51. The number of rotatable bonds is 3. The molecule has 6 heteroatoms. The van der Waals surface area contributed by atoms with Crippen molar-refractivity contribution >= 4 is 22.9 Å². The minimum atomic E-state index is -0.904. The van der Waals surface area contributed by atoms with Crippen molar-refractivity contribution in [2.24, 2.45) is 0 Å². The summed E-state index contributed by atoms with van der Waals surface area (Å²) in [5.74, 6) is 0.567. The number of benzene rings is 1. The number of nitrogens with one attached hydrogen (secondary N) is 1. The first-order chi connectivity index (χ1) is 12.6. The number of para-hydroxylation sites is 1. The number of nitrogens with zero attached hydrogens (tertiary/aromatic N) is 2. The van der Waals surface area contributed by atoms with Gasteiger partial charge in [0, 0.05) is 49.2 Å². The summed E-state index contributed by atoms with van der Waals surface area (Å²) in [4.78, 5) is 30.6. The number of aromatic nitrogens is 1. The van der Waals surface area contributed by atoms with E-state index in [0.29, 0.717) is 18.9 Å². The molecule has 3 heterocycles. The molecule has 26 heavy (non-hydrogen) atoms. The van der Waals surface area contributed by atoms with E-state index in [9.17, 15) is 14.7 Å². The lowest BCUT2D eigenvalue weighted by Gasteiger charge is -2.33. The van der Waals surface area contributed by atoms with Crippen LogP contribution in [0.2, 0.25) is 0 Å². The van der Waals surface area contributed by atoms with Crippen LogP contribution in [0.1, 0.15) is 43.6 Å². The Morgan fingerprint density at radius 3 is 2.65 bits per heavy atom. The van der Waals surface area contributed by atoms with Gasteiger partial charge >= 0.3 is 6.09 Å². The SMILES string of the molecule is O=C(CC1CCCN1C(=O)O)N1CCC(c2c[nH]c3ccccc23)CC1. The van der Waals surface area contributed by atoms with Crippen molar-refractivity contribution in [3.8, 4) is 0 Å². The monoisotopic (exact) mass is 355 g/mol. The van der Waals surface area contributed by atoms with Gasteiger partial charge < -0.3 is 19.9 Å². The van der Waals surface area contributed by atoms with Crippen molar-refractivity contribution in [1.82, 2.24) is 14.8 Å². The Bertz CT molecular complexity index is 807. The minimum absolute atomic E-state index is 0.0977. The highest BCUT2D eigenvalue weighted by molar-refractivity contribution is 5.83. The molecule has 1 aromatic heterocycles. The van der Waals surface area contributed by atoms with Crippen molar-refractivity contribution in [2.75, 3.05) is 19.6 Å². The molecule has 2 aliphatic rings. The molecule has 4 rings (SSSR count). The highest BCUT2D eigenvalue weighted by Crippen LogP contribution is 2.33. The third-order valence-electron chi connectivity index (χ3n) is 5.94. The Labute approximate surface area is 152 Å². The first-order valence-corrected chi connectivity index (χ1v) is 9.47. The van der Waals surface area contributed by atoms with Gasteiger partial charge in [0.1, 0.15) is 0 Å². The smallest absolute Gasteiger partial charge is 0.407 e. The van der Waals surface area contributed by atoms with Gasteiger partial charge in [-0.25, -0.2) is 4.79 Å². The first-order valence-electron chi connectivity index (χ1n) is 9.47. The molecule has 0 bridgehead atoms. The Morgan fingerprint density at radius 2 is 1.88 bits per heavy atom. The number of carboxylic acid groups (broad SMARTS) is 1. The summed E-state index contributed by atoms with van der Waals surface area (Å²) < 4.78 is 0. The average Bonchev–Trinajstić information content (AvgIpc) is 3.28. The van der Waals surface area contributed by atoms with Crippen molar-refractivity contribution in [1.29, 1.82) is 0 Å². The fourth-order valence-corrected chi connectivity index (χ4v) is 4.50. The molecule has 1 aromatic carbocycles. The Kier molecular flexibility index (Phi) is 4.57. The average molecular weight is 355 g/mol. The van der Waals surface area contributed by atoms with Crippen molar-refractivity contribution in [3.63, 3.8) is 0 Å². The summed E-state index contributed by atoms with van der Waals surface area (Å²) in [6.07, 6.45) is 5.09. The van der Waals surface area contributed by atoms with Crippen molar-refractivity contribution in [2.45, 2.75) is 44.1 Å². The Balaban J connectivity index is 1.36. The fourth-order valence-electron chi connectivity index (χ4n) is 4.50. The molecule has 0 aliphatic carbocycles. The van der Waals surface area contributed by atoms with Gasteiger partial charge in [0.05, 0.1) is 0 Å². The van der Waals surface area contributed by atoms with Crippen LogP contribution in [-0.2, 0) is 4.79 Å². The van der Waals surface area contributed by atoms with E-state index >= 15 is 0 Å². The number of carbonyl (C=O) groups excluding carboxylic acids is 1. The molecule has 6 nitrogen and oxygen atoms in total. The number of aromatic amines is 1. The van der Waals surface area contributed by atoms with Crippen molar-refractivity contribution < 1.29 is 14.7 Å². The predicted molar refractivity (Wildman–Crippen MR) is 99.2 cm³/mol. The molecule has 2 N–H and O–H groups in total. The number of H-pyrrole nitrogens is 1. The van der Waals surface area contributed by atoms with E-state index in [1.807, 2.05) is 11.0 Å². The summed E-state index contributed by atoms with van der Waals surface area (Å²) >= 11 is 0. The van der Waals surface area contributed by atoms with Crippen LogP contribution in [-0.4, -0.2) is 57.6 Å². The van der Waals surface area contributed by atoms with E-state index in [1.54, 1.807) is 0 Å². The Morgan fingerprint density at radius 1 is 1.12 bits per heavy atom. The molecule has 138 valence electrons. The number of piperidine rings is 1. The zero-order valence-electron chi connectivity index (χ0n) is 14.9. The standard InChI is InChI=1S/C20H25N3O3/c24-19(12-15-4-3-9-23(15)20(25)26)22-10-7-14(8-11-22)17-13-21-18-6-2-1-5-16(17)18/h1-2,5-6,13-15,21H,3-4,7-12H2,(H,25,26). The van der Waals surface area contributed by atoms with E-state index in [2.05, 4.69) is 29.4 Å². The molecule has 0 radical (unpaired) electrons. The molecule has 1 atom stereocenters. The number of likely N-dealkylation sites (tertiary alicyclic amines) is 2. The largest absolute Gasteiger partial charge is 0.465 e. The zero-order chi connectivity index (χ0) is 18.1. The second-order valence-corrected chi connectivity index (χ2v) is 7.42. The normalized spacial score (nSPS) is 21.5. The minimum Gasteiger partial charge on any atom is -0.465 e. The molecule has 2 aromatic rings. The van der Waals surface area contributed by atoms with E-state index in [4.69, 9.17) is 0 Å². The van der Waals surface area contributed by atoms with Crippen LogP contribution in [0.3, 0.4) is 0 Å². The van der Waals surface area contributed by atoms with Gasteiger partial charge in [0.2, 0.25) is 5.91 Å². The third-order valence-corrected chi connectivity index (χ3v) is 5.94. The van der Waals surface area contributed by atoms with Crippen LogP contribution in [0.5, 0.6) is 0 Å². The number of hydrogen-bond acceptors (Lipinski definition) is 2. The summed E-state index contributed by atoms with van der Waals surface area (Å²) in [6.45, 7) is 2.06. The van der Waals surface area contributed by atoms with Gasteiger partial charge in [-0.3, -0.25) is 4.79 Å². The van der Waals surface area contributed by atoms with Gasteiger partial charge in [-0.2, -0.15) is 0 Å². The molecule has 2 saturated heterocycles.